The minimum Gasteiger partial charge on any atom is -0.507 e. The lowest BCUT2D eigenvalue weighted by molar-refractivity contribution is -0.626. The molecule has 2 atom stereocenters. The molecular formula is C20H24O4. The first-order chi connectivity index (χ1) is 11.2. The number of aromatic hydroxyl groups is 1. The number of rotatable bonds is 1. The Morgan fingerprint density at radius 3 is 2.33 bits per heavy atom. The van der Waals surface area contributed by atoms with E-state index in [1.165, 1.54) is 0 Å². The summed E-state index contributed by atoms with van der Waals surface area (Å²) in [7, 11) is 0. The van der Waals surface area contributed by atoms with Crippen LogP contribution in [-0.4, -0.2) is 17.3 Å². The third-order valence-corrected chi connectivity index (χ3v) is 5.63. The Kier molecular flexibility index (Phi) is 2.98. The normalized spacial score (nSPS) is 31.7. The number of fused-ring (bicyclic) bond motifs is 2. The Morgan fingerprint density at radius 1 is 1.00 bits per heavy atom. The summed E-state index contributed by atoms with van der Waals surface area (Å²) < 4.78 is 6.25. The van der Waals surface area contributed by atoms with E-state index in [0.29, 0.717) is 12.2 Å². The minimum absolute atomic E-state index is 0.170. The second-order valence-corrected chi connectivity index (χ2v) is 8.57. The predicted octanol–water partition coefficient (Wildman–Crippen LogP) is 4.50. The van der Waals surface area contributed by atoms with Crippen molar-refractivity contribution in [1.82, 2.24) is 0 Å². The van der Waals surface area contributed by atoms with Crippen molar-refractivity contribution in [2.24, 2.45) is 10.8 Å². The van der Waals surface area contributed by atoms with Gasteiger partial charge in [-0.05, 0) is 16.8 Å². The van der Waals surface area contributed by atoms with Gasteiger partial charge in [-0.25, -0.2) is 4.89 Å². The second-order valence-electron chi connectivity index (χ2n) is 8.57. The molecule has 0 amide bonds. The monoisotopic (exact) mass is 328 g/mol. The van der Waals surface area contributed by atoms with Gasteiger partial charge in [-0.1, -0.05) is 65.0 Å². The van der Waals surface area contributed by atoms with E-state index in [4.69, 9.17) is 14.5 Å². The van der Waals surface area contributed by atoms with Gasteiger partial charge in [0.15, 0.2) is 5.60 Å². The molecule has 4 rings (SSSR count). The molecule has 1 N–H and O–H groups in total. The zero-order valence-electron chi connectivity index (χ0n) is 14.8. The maximum absolute atomic E-state index is 10.7. The maximum atomic E-state index is 10.7. The molecule has 2 fully saturated rings. The van der Waals surface area contributed by atoms with Crippen molar-refractivity contribution >= 4 is 10.8 Å². The topological polar surface area (TPSA) is 47.9 Å². The average Bonchev–Trinajstić information content (AvgIpc) is 2.62. The molecule has 0 spiro atoms. The number of phenols is 1. The van der Waals surface area contributed by atoms with Crippen molar-refractivity contribution in [3.05, 3.63) is 42.0 Å². The quantitative estimate of drug-likeness (QED) is 0.783. The van der Waals surface area contributed by atoms with Gasteiger partial charge in [-0.2, -0.15) is 4.89 Å². The Labute approximate surface area is 142 Å². The molecule has 128 valence electrons. The average molecular weight is 328 g/mol. The van der Waals surface area contributed by atoms with Gasteiger partial charge in [0, 0.05) is 10.8 Å². The highest BCUT2D eigenvalue weighted by Crippen LogP contribution is 2.70. The molecule has 0 aromatic heterocycles. The molecule has 2 aliphatic rings. The van der Waals surface area contributed by atoms with Gasteiger partial charge in [0.1, 0.15) is 5.75 Å². The predicted molar refractivity (Wildman–Crippen MR) is 91.4 cm³/mol. The molecule has 4 heteroatoms. The molecule has 0 radical (unpaired) electrons. The van der Waals surface area contributed by atoms with Gasteiger partial charge in [0.25, 0.3) is 5.79 Å². The number of hydrogen-bond donors (Lipinski definition) is 1. The Hall–Kier alpha value is -1.62. The summed E-state index contributed by atoms with van der Waals surface area (Å²) in [6.45, 7) is 11.1. The van der Waals surface area contributed by atoms with Gasteiger partial charge in [0.05, 0.1) is 12.2 Å². The van der Waals surface area contributed by atoms with Gasteiger partial charge >= 0.3 is 0 Å². The van der Waals surface area contributed by atoms with Crippen LogP contribution < -0.4 is 0 Å². The molecule has 2 saturated heterocycles. The summed E-state index contributed by atoms with van der Waals surface area (Å²) in [5.41, 5.74) is -0.566. The lowest BCUT2D eigenvalue weighted by Gasteiger charge is -2.61. The van der Waals surface area contributed by atoms with E-state index in [2.05, 4.69) is 34.6 Å². The summed E-state index contributed by atoms with van der Waals surface area (Å²) in [6.07, 6.45) is 0. The van der Waals surface area contributed by atoms with Crippen LogP contribution in [0.2, 0.25) is 0 Å². The van der Waals surface area contributed by atoms with E-state index in [1.807, 2.05) is 30.3 Å². The molecule has 0 bridgehead atoms. The fraction of sp³-hybridized carbons (Fsp3) is 0.500. The van der Waals surface area contributed by atoms with Crippen LogP contribution in [0.4, 0.5) is 0 Å². The van der Waals surface area contributed by atoms with E-state index in [0.717, 1.165) is 10.8 Å². The zero-order chi connectivity index (χ0) is 17.4. The van der Waals surface area contributed by atoms with Crippen LogP contribution in [0.15, 0.2) is 36.4 Å². The SMILES string of the molecule is CC(C)(C)C12OOC1(c1c(O)ccc3ccccc13)OCC2(C)C. The molecule has 2 heterocycles. The van der Waals surface area contributed by atoms with Crippen LogP contribution in [0.5, 0.6) is 5.75 Å². The molecule has 2 aliphatic heterocycles. The standard InChI is InChI=1S/C20H24O4/c1-17(2,3)20-18(4,5)12-22-19(20,23-24-20)16-14-9-7-6-8-13(14)10-11-15(16)21/h6-11,21H,12H2,1-5H3. The lowest BCUT2D eigenvalue weighted by atomic mass is 9.57. The van der Waals surface area contributed by atoms with Crippen molar-refractivity contribution in [2.75, 3.05) is 6.61 Å². The molecule has 4 nitrogen and oxygen atoms in total. The van der Waals surface area contributed by atoms with E-state index >= 15 is 0 Å². The minimum atomic E-state index is -1.11. The van der Waals surface area contributed by atoms with Crippen molar-refractivity contribution in [3.63, 3.8) is 0 Å². The van der Waals surface area contributed by atoms with Crippen molar-refractivity contribution in [2.45, 2.75) is 46.0 Å². The molecule has 0 saturated carbocycles. The van der Waals surface area contributed by atoms with Crippen molar-refractivity contribution in [1.29, 1.82) is 0 Å². The summed E-state index contributed by atoms with van der Waals surface area (Å²) in [5, 5.41) is 12.7. The van der Waals surface area contributed by atoms with Gasteiger partial charge in [-0.15, -0.1) is 0 Å². The van der Waals surface area contributed by atoms with Gasteiger partial charge in [-0.3, -0.25) is 0 Å². The van der Waals surface area contributed by atoms with E-state index in [1.54, 1.807) is 6.07 Å². The van der Waals surface area contributed by atoms with Crippen LogP contribution in [0, 0.1) is 10.8 Å². The fourth-order valence-electron chi connectivity index (χ4n) is 4.80. The highest BCUT2D eigenvalue weighted by atomic mass is 17.3. The lowest BCUT2D eigenvalue weighted by Crippen LogP contribution is -2.73. The first-order valence-electron chi connectivity index (χ1n) is 8.38. The first-order valence-corrected chi connectivity index (χ1v) is 8.38. The molecular weight excluding hydrogens is 304 g/mol. The fourth-order valence-corrected chi connectivity index (χ4v) is 4.80. The van der Waals surface area contributed by atoms with E-state index in [-0.39, 0.29) is 16.6 Å². The molecule has 2 aromatic carbocycles. The van der Waals surface area contributed by atoms with E-state index < -0.39 is 11.4 Å². The third kappa shape index (κ3) is 1.59. The number of benzene rings is 2. The summed E-state index contributed by atoms with van der Waals surface area (Å²) >= 11 is 0. The Morgan fingerprint density at radius 2 is 1.71 bits per heavy atom. The van der Waals surface area contributed by atoms with Crippen LogP contribution in [0.3, 0.4) is 0 Å². The Balaban J connectivity index is 2.06. The van der Waals surface area contributed by atoms with E-state index in [9.17, 15) is 5.11 Å². The smallest absolute Gasteiger partial charge is 0.265 e. The van der Waals surface area contributed by atoms with Crippen molar-refractivity contribution < 1.29 is 19.6 Å². The molecule has 2 aromatic rings. The highest BCUT2D eigenvalue weighted by molar-refractivity contribution is 5.88. The second kappa shape index (κ2) is 4.51. The number of ether oxygens (including phenoxy) is 1. The largest absolute Gasteiger partial charge is 0.507 e. The van der Waals surface area contributed by atoms with Crippen molar-refractivity contribution in [3.8, 4) is 5.75 Å². The zero-order valence-corrected chi connectivity index (χ0v) is 14.8. The maximum Gasteiger partial charge on any atom is 0.265 e. The summed E-state index contributed by atoms with van der Waals surface area (Å²) in [6, 6.07) is 11.6. The molecule has 0 aliphatic carbocycles. The van der Waals surface area contributed by atoms with Gasteiger partial charge < -0.3 is 9.84 Å². The first kappa shape index (κ1) is 15.9. The van der Waals surface area contributed by atoms with Crippen LogP contribution in [0.25, 0.3) is 10.8 Å². The van der Waals surface area contributed by atoms with Crippen LogP contribution in [0.1, 0.15) is 40.2 Å². The molecule has 24 heavy (non-hydrogen) atoms. The Bertz CT molecular complexity index is 820. The highest BCUT2D eigenvalue weighted by Gasteiger charge is 2.82. The number of phenolic OH excluding ortho intramolecular Hbond substituents is 1. The summed E-state index contributed by atoms with van der Waals surface area (Å²) in [4.78, 5) is 11.5. The van der Waals surface area contributed by atoms with Gasteiger partial charge in [0.2, 0.25) is 0 Å². The summed E-state index contributed by atoms with van der Waals surface area (Å²) in [5.74, 6) is -0.942. The van der Waals surface area contributed by atoms with Crippen LogP contribution >= 0.6 is 0 Å². The van der Waals surface area contributed by atoms with Crippen LogP contribution in [-0.2, 0) is 20.3 Å². The third-order valence-electron chi connectivity index (χ3n) is 5.63. The number of hydrogen-bond acceptors (Lipinski definition) is 4. The molecule has 2 unspecified atom stereocenters.